The molecule has 0 fully saturated rings. The minimum atomic E-state index is -0.0787. The summed E-state index contributed by atoms with van der Waals surface area (Å²) in [6.45, 7) is 6.44. The van der Waals surface area contributed by atoms with Gasteiger partial charge in [-0.15, -0.1) is 0 Å². The predicted molar refractivity (Wildman–Crippen MR) is 144 cm³/mol. The topological polar surface area (TPSA) is 65.4 Å². The number of carbonyl (C=O) groups is 1. The summed E-state index contributed by atoms with van der Waals surface area (Å²) in [5.74, 6) is 3.09. The summed E-state index contributed by atoms with van der Waals surface area (Å²) in [6, 6.07) is 23.6. The van der Waals surface area contributed by atoms with Crippen molar-refractivity contribution < 1.29 is 14.3 Å². The van der Waals surface area contributed by atoms with Gasteiger partial charge in [0.05, 0.1) is 24.8 Å². The second kappa shape index (κ2) is 12.2. The Morgan fingerprint density at radius 1 is 0.972 bits per heavy atom. The molecule has 0 radical (unpaired) electrons. The number of nitrogens with zero attached hydrogens (tertiary/aromatic N) is 2. The molecule has 4 rings (SSSR count). The van der Waals surface area contributed by atoms with Crippen LogP contribution < -0.4 is 14.8 Å². The highest BCUT2D eigenvalue weighted by Crippen LogP contribution is 2.26. The zero-order valence-electron chi connectivity index (χ0n) is 21.4. The van der Waals surface area contributed by atoms with E-state index in [0.29, 0.717) is 24.6 Å². The van der Waals surface area contributed by atoms with E-state index in [0.717, 1.165) is 54.2 Å². The number of rotatable bonds is 12. The van der Waals surface area contributed by atoms with E-state index in [4.69, 9.17) is 14.5 Å². The number of nitrogens with one attached hydrogen (secondary N) is 1. The van der Waals surface area contributed by atoms with Gasteiger partial charge in [0.2, 0.25) is 0 Å². The first-order valence-corrected chi connectivity index (χ1v) is 12.6. The average molecular weight is 486 g/mol. The molecular weight excluding hydrogens is 450 g/mol. The Morgan fingerprint density at radius 3 is 2.50 bits per heavy atom. The molecule has 0 aliphatic heterocycles. The molecule has 1 amide bonds. The summed E-state index contributed by atoms with van der Waals surface area (Å²) < 4.78 is 13.6. The van der Waals surface area contributed by atoms with Crippen molar-refractivity contribution in [2.24, 2.45) is 0 Å². The SMILES string of the molecule is COc1ccc(C(=O)NCCCc2nc3ccccc3n2CCCOc2ccccc2C(C)C)cc1. The molecule has 0 aliphatic rings. The number of methoxy groups -OCH3 is 1. The van der Waals surface area contributed by atoms with Gasteiger partial charge in [-0.2, -0.15) is 0 Å². The third-order valence-electron chi connectivity index (χ3n) is 6.27. The summed E-state index contributed by atoms with van der Waals surface area (Å²) in [4.78, 5) is 17.3. The van der Waals surface area contributed by atoms with Gasteiger partial charge in [-0.25, -0.2) is 4.98 Å². The molecule has 1 aromatic heterocycles. The van der Waals surface area contributed by atoms with E-state index in [9.17, 15) is 4.79 Å². The standard InChI is InChI=1S/C30H35N3O3/c1-22(2)25-10-4-7-13-28(25)36-21-9-20-33-27-12-6-5-11-26(27)32-29(33)14-8-19-31-30(34)23-15-17-24(35-3)18-16-23/h4-7,10-13,15-18,22H,8-9,14,19-21H2,1-3H3,(H,31,34). The average Bonchev–Trinajstić information content (AvgIpc) is 3.26. The van der Waals surface area contributed by atoms with Gasteiger partial charge in [-0.05, 0) is 66.8 Å². The Balaban J connectivity index is 1.33. The molecule has 6 heteroatoms. The van der Waals surface area contributed by atoms with Crippen LogP contribution in [0.1, 0.15) is 54.4 Å². The third-order valence-corrected chi connectivity index (χ3v) is 6.27. The van der Waals surface area contributed by atoms with E-state index in [1.165, 1.54) is 5.56 Å². The summed E-state index contributed by atoms with van der Waals surface area (Å²) in [6.07, 6.45) is 2.48. The van der Waals surface area contributed by atoms with E-state index in [-0.39, 0.29) is 5.91 Å². The maximum absolute atomic E-state index is 12.4. The number of para-hydroxylation sites is 3. The Hall–Kier alpha value is -3.80. The van der Waals surface area contributed by atoms with Gasteiger partial charge in [-0.1, -0.05) is 44.2 Å². The van der Waals surface area contributed by atoms with Crippen LogP contribution in [0.4, 0.5) is 0 Å². The molecule has 0 spiro atoms. The summed E-state index contributed by atoms with van der Waals surface area (Å²) in [5, 5.41) is 3.01. The number of amides is 1. The van der Waals surface area contributed by atoms with E-state index >= 15 is 0 Å². The van der Waals surface area contributed by atoms with Gasteiger partial charge in [0.15, 0.2) is 0 Å². The summed E-state index contributed by atoms with van der Waals surface area (Å²) in [7, 11) is 1.61. The highest BCUT2D eigenvalue weighted by atomic mass is 16.5. The number of hydrogen-bond acceptors (Lipinski definition) is 4. The first-order chi connectivity index (χ1) is 17.6. The Morgan fingerprint density at radius 2 is 1.72 bits per heavy atom. The lowest BCUT2D eigenvalue weighted by molar-refractivity contribution is 0.0953. The monoisotopic (exact) mass is 485 g/mol. The number of aryl methyl sites for hydroxylation is 2. The number of imidazole rings is 1. The van der Waals surface area contributed by atoms with E-state index in [2.05, 4.69) is 54.1 Å². The van der Waals surface area contributed by atoms with Crippen LogP contribution in [0, 0.1) is 0 Å². The van der Waals surface area contributed by atoms with Gasteiger partial charge in [0.25, 0.3) is 5.91 Å². The first kappa shape index (κ1) is 25.3. The fourth-order valence-electron chi connectivity index (χ4n) is 4.35. The molecule has 6 nitrogen and oxygen atoms in total. The van der Waals surface area contributed by atoms with Crippen molar-refractivity contribution in [1.82, 2.24) is 14.9 Å². The highest BCUT2D eigenvalue weighted by Gasteiger charge is 2.12. The van der Waals surface area contributed by atoms with Gasteiger partial charge < -0.3 is 19.4 Å². The van der Waals surface area contributed by atoms with E-state index in [1.54, 1.807) is 31.4 Å². The minimum absolute atomic E-state index is 0.0787. The molecular formula is C30H35N3O3. The first-order valence-electron chi connectivity index (χ1n) is 12.6. The molecule has 188 valence electrons. The van der Waals surface area contributed by atoms with Crippen molar-refractivity contribution in [2.75, 3.05) is 20.3 Å². The van der Waals surface area contributed by atoms with Gasteiger partial charge >= 0.3 is 0 Å². The molecule has 1 heterocycles. The number of hydrogen-bond donors (Lipinski definition) is 1. The number of ether oxygens (including phenoxy) is 2. The number of aromatic nitrogens is 2. The second-order valence-corrected chi connectivity index (χ2v) is 9.15. The van der Waals surface area contributed by atoms with Crippen molar-refractivity contribution in [3.05, 3.63) is 89.7 Å². The highest BCUT2D eigenvalue weighted by molar-refractivity contribution is 5.94. The quantitative estimate of drug-likeness (QED) is 0.250. The van der Waals surface area contributed by atoms with Crippen LogP contribution in [-0.4, -0.2) is 35.7 Å². The Bertz CT molecular complexity index is 1280. The summed E-state index contributed by atoms with van der Waals surface area (Å²) >= 11 is 0. The fraction of sp³-hybridized carbons (Fsp3) is 0.333. The summed E-state index contributed by atoms with van der Waals surface area (Å²) in [5.41, 5.74) is 4.00. The van der Waals surface area contributed by atoms with Crippen LogP contribution in [0.15, 0.2) is 72.8 Å². The lowest BCUT2D eigenvalue weighted by atomic mass is 10.0. The lowest BCUT2D eigenvalue weighted by Crippen LogP contribution is -2.25. The predicted octanol–water partition coefficient (Wildman–Crippen LogP) is 6.00. The van der Waals surface area contributed by atoms with Crippen molar-refractivity contribution in [2.45, 2.75) is 45.6 Å². The number of carbonyl (C=O) groups excluding carboxylic acids is 1. The van der Waals surface area contributed by atoms with Crippen molar-refractivity contribution in [1.29, 1.82) is 0 Å². The van der Waals surface area contributed by atoms with Crippen molar-refractivity contribution >= 4 is 16.9 Å². The van der Waals surface area contributed by atoms with Crippen LogP contribution in [-0.2, 0) is 13.0 Å². The molecule has 36 heavy (non-hydrogen) atoms. The Labute approximate surface area is 213 Å². The largest absolute Gasteiger partial charge is 0.497 e. The van der Waals surface area contributed by atoms with Crippen molar-refractivity contribution in [3.8, 4) is 11.5 Å². The number of benzene rings is 3. The molecule has 0 aliphatic carbocycles. The third kappa shape index (κ3) is 6.25. The molecule has 3 aromatic carbocycles. The van der Waals surface area contributed by atoms with Crippen molar-refractivity contribution in [3.63, 3.8) is 0 Å². The normalized spacial score (nSPS) is 11.1. The zero-order chi connectivity index (χ0) is 25.3. The Kier molecular flexibility index (Phi) is 8.61. The molecule has 0 saturated heterocycles. The maximum atomic E-state index is 12.4. The fourth-order valence-corrected chi connectivity index (χ4v) is 4.35. The molecule has 0 atom stereocenters. The smallest absolute Gasteiger partial charge is 0.251 e. The van der Waals surface area contributed by atoms with Gasteiger partial charge in [0.1, 0.15) is 17.3 Å². The van der Waals surface area contributed by atoms with Crippen LogP contribution in [0.25, 0.3) is 11.0 Å². The molecule has 0 bridgehead atoms. The second-order valence-electron chi connectivity index (χ2n) is 9.15. The number of fused-ring (bicyclic) bond motifs is 1. The molecule has 4 aromatic rings. The van der Waals surface area contributed by atoms with Crippen LogP contribution in [0.3, 0.4) is 0 Å². The maximum Gasteiger partial charge on any atom is 0.251 e. The van der Waals surface area contributed by atoms with E-state index < -0.39 is 0 Å². The zero-order valence-corrected chi connectivity index (χ0v) is 21.4. The van der Waals surface area contributed by atoms with Crippen LogP contribution in [0.2, 0.25) is 0 Å². The van der Waals surface area contributed by atoms with Gasteiger partial charge in [-0.3, -0.25) is 4.79 Å². The van der Waals surface area contributed by atoms with Crippen LogP contribution >= 0.6 is 0 Å². The molecule has 0 saturated carbocycles. The lowest BCUT2D eigenvalue weighted by Gasteiger charge is -2.14. The van der Waals surface area contributed by atoms with E-state index in [1.807, 2.05) is 18.2 Å². The minimum Gasteiger partial charge on any atom is -0.497 e. The van der Waals surface area contributed by atoms with Gasteiger partial charge in [0, 0.05) is 25.1 Å². The molecule has 0 unspecified atom stereocenters. The van der Waals surface area contributed by atoms with Crippen LogP contribution in [0.5, 0.6) is 11.5 Å². The molecule has 1 N–H and O–H groups in total.